The van der Waals surface area contributed by atoms with Crippen LogP contribution in [0, 0.1) is 6.92 Å². The molecule has 6 heteroatoms. The summed E-state index contributed by atoms with van der Waals surface area (Å²) < 4.78 is 0. The molecule has 3 rings (SSSR count). The van der Waals surface area contributed by atoms with Gasteiger partial charge < -0.3 is 10.6 Å². The summed E-state index contributed by atoms with van der Waals surface area (Å²) in [6, 6.07) is 9.81. The summed E-state index contributed by atoms with van der Waals surface area (Å²) in [4.78, 5) is 16.9. The average molecular weight is 306 g/mol. The Morgan fingerprint density at radius 3 is 1.96 bits per heavy atom. The first kappa shape index (κ1) is 14.9. The van der Waals surface area contributed by atoms with Crippen LogP contribution in [0.2, 0.25) is 0 Å². The highest BCUT2D eigenvalue weighted by molar-refractivity contribution is 5.43. The van der Waals surface area contributed by atoms with E-state index >= 15 is 0 Å². The van der Waals surface area contributed by atoms with Crippen LogP contribution < -0.4 is 10.6 Å². The fraction of sp³-hybridized carbons (Fsp3) is 0.176. The molecule has 0 saturated heterocycles. The van der Waals surface area contributed by atoms with Crippen molar-refractivity contribution >= 4 is 11.8 Å². The molecule has 0 radical (unpaired) electrons. The lowest BCUT2D eigenvalue weighted by Gasteiger charge is -2.10. The number of nitrogens with zero attached hydrogens (tertiary/aromatic N) is 4. The van der Waals surface area contributed by atoms with E-state index < -0.39 is 0 Å². The quantitative estimate of drug-likeness (QED) is 0.729. The normalized spacial score (nSPS) is 10.3. The van der Waals surface area contributed by atoms with E-state index in [9.17, 15) is 0 Å². The van der Waals surface area contributed by atoms with E-state index in [0.29, 0.717) is 19.0 Å². The number of anilines is 2. The number of rotatable bonds is 6. The van der Waals surface area contributed by atoms with Crippen molar-refractivity contribution in [3.8, 4) is 0 Å². The van der Waals surface area contributed by atoms with Gasteiger partial charge in [-0.25, -0.2) is 4.98 Å². The lowest BCUT2D eigenvalue weighted by atomic mass is 10.2. The van der Waals surface area contributed by atoms with Crippen LogP contribution in [0.3, 0.4) is 0 Å². The van der Waals surface area contributed by atoms with Crippen LogP contribution in [0.4, 0.5) is 11.8 Å². The Hall–Kier alpha value is -3.02. The van der Waals surface area contributed by atoms with E-state index in [1.807, 2.05) is 37.3 Å². The molecule has 3 heterocycles. The van der Waals surface area contributed by atoms with Gasteiger partial charge in [0, 0.05) is 49.6 Å². The van der Waals surface area contributed by atoms with E-state index in [4.69, 9.17) is 0 Å². The molecule has 0 bridgehead atoms. The van der Waals surface area contributed by atoms with Crippen LogP contribution in [0.1, 0.15) is 16.8 Å². The molecule has 2 N–H and O–H groups in total. The monoisotopic (exact) mass is 306 g/mol. The molecule has 0 atom stereocenters. The van der Waals surface area contributed by atoms with Crippen molar-refractivity contribution in [3.05, 3.63) is 71.9 Å². The van der Waals surface area contributed by atoms with Gasteiger partial charge in [0.15, 0.2) is 0 Å². The number of aromatic nitrogens is 4. The first-order chi connectivity index (χ1) is 11.3. The summed E-state index contributed by atoms with van der Waals surface area (Å²) in [5, 5.41) is 6.55. The highest BCUT2D eigenvalue weighted by Crippen LogP contribution is 2.12. The molecule has 0 unspecified atom stereocenters. The summed E-state index contributed by atoms with van der Waals surface area (Å²) in [6.07, 6.45) is 7.11. The van der Waals surface area contributed by atoms with Gasteiger partial charge >= 0.3 is 0 Å². The Morgan fingerprint density at radius 1 is 0.783 bits per heavy atom. The molecule has 0 fully saturated rings. The third-order valence-corrected chi connectivity index (χ3v) is 3.28. The molecule has 0 aromatic carbocycles. The Bertz CT molecular complexity index is 684. The Kier molecular flexibility index (Phi) is 4.73. The first-order valence-corrected chi connectivity index (χ1v) is 7.41. The average Bonchev–Trinajstić information content (AvgIpc) is 2.60. The molecule has 0 aliphatic rings. The molecule has 23 heavy (non-hydrogen) atoms. The number of aryl methyl sites for hydroxylation is 1. The van der Waals surface area contributed by atoms with Crippen LogP contribution in [0.25, 0.3) is 0 Å². The van der Waals surface area contributed by atoms with Gasteiger partial charge in [-0.05, 0) is 42.3 Å². The second-order valence-corrected chi connectivity index (χ2v) is 5.14. The van der Waals surface area contributed by atoms with Crippen LogP contribution in [-0.2, 0) is 13.1 Å². The van der Waals surface area contributed by atoms with Gasteiger partial charge in [-0.15, -0.1) is 0 Å². The SMILES string of the molecule is Cc1cc(NCc2ccncc2)nc(NCc2ccncc2)n1. The lowest BCUT2D eigenvalue weighted by Crippen LogP contribution is -2.08. The van der Waals surface area contributed by atoms with Crippen molar-refractivity contribution in [2.75, 3.05) is 10.6 Å². The minimum atomic E-state index is 0.610. The van der Waals surface area contributed by atoms with E-state index in [1.54, 1.807) is 24.8 Å². The standard InChI is InChI=1S/C17H18N6/c1-13-10-16(20-11-14-2-6-18-7-3-14)23-17(22-13)21-12-15-4-8-19-9-5-15/h2-10H,11-12H2,1H3,(H2,20,21,22,23). The topological polar surface area (TPSA) is 75.6 Å². The Labute approximate surface area is 135 Å². The van der Waals surface area contributed by atoms with Crippen LogP contribution >= 0.6 is 0 Å². The van der Waals surface area contributed by atoms with Gasteiger partial charge in [-0.2, -0.15) is 4.98 Å². The molecule has 0 amide bonds. The minimum Gasteiger partial charge on any atom is -0.366 e. The molecule has 0 saturated carbocycles. The highest BCUT2D eigenvalue weighted by Gasteiger charge is 2.02. The lowest BCUT2D eigenvalue weighted by molar-refractivity contribution is 1.01. The van der Waals surface area contributed by atoms with Gasteiger partial charge in [0.25, 0.3) is 0 Å². The first-order valence-electron chi connectivity index (χ1n) is 7.41. The van der Waals surface area contributed by atoms with Crippen molar-refractivity contribution in [1.82, 2.24) is 19.9 Å². The third-order valence-electron chi connectivity index (χ3n) is 3.28. The predicted octanol–water partition coefficient (Wildman–Crippen LogP) is 2.80. The van der Waals surface area contributed by atoms with E-state index in [2.05, 4.69) is 30.6 Å². The fourth-order valence-corrected chi connectivity index (χ4v) is 2.11. The maximum Gasteiger partial charge on any atom is 0.225 e. The zero-order valence-corrected chi connectivity index (χ0v) is 12.9. The molecule has 0 aliphatic heterocycles. The smallest absolute Gasteiger partial charge is 0.225 e. The molecule has 116 valence electrons. The van der Waals surface area contributed by atoms with Gasteiger partial charge in [0.1, 0.15) is 5.82 Å². The predicted molar refractivity (Wildman–Crippen MR) is 89.9 cm³/mol. The number of hydrogen-bond acceptors (Lipinski definition) is 6. The van der Waals surface area contributed by atoms with E-state index in [0.717, 1.165) is 22.6 Å². The summed E-state index contributed by atoms with van der Waals surface area (Å²) in [6.45, 7) is 3.31. The molecule has 3 aromatic heterocycles. The molecule has 6 nitrogen and oxygen atoms in total. The van der Waals surface area contributed by atoms with E-state index in [1.165, 1.54) is 0 Å². The molecule has 0 spiro atoms. The van der Waals surface area contributed by atoms with Crippen LogP contribution in [0.5, 0.6) is 0 Å². The van der Waals surface area contributed by atoms with Crippen molar-refractivity contribution in [2.24, 2.45) is 0 Å². The Balaban J connectivity index is 1.64. The van der Waals surface area contributed by atoms with Crippen molar-refractivity contribution in [3.63, 3.8) is 0 Å². The Morgan fingerprint density at radius 2 is 1.35 bits per heavy atom. The molecule has 3 aromatic rings. The second kappa shape index (κ2) is 7.31. The zero-order valence-electron chi connectivity index (χ0n) is 12.9. The van der Waals surface area contributed by atoms with Gasteiger partial charge in [0.05, 0.1) is 0 Å². The van der Waals surface area contributed by atoms with Gasteiger partial charge in [-0.1, -0.05) is 0 Å². The number of pyridine rings is 2. The number of hydrogen-bond donors (Lipinski definition) is 2. The van der Waals surface area contributed by atoms with Crippen molar-refractivity contribution in [1.29, 1.82) is 0 Å². The largest absolute Gasteiger partial charge is 0.366 e. The highest BCUT2D eigenvalue weighted by atomic mass is 15.1. The summed E-state index contributed by atoms with van der Waals surface area (Å²) in [5.41, 5.74) is 3.20. The van der Waals surface area contributed by atoms with Crippen LogP contribution in [-0.4, -0.2) is 19.9 Å². The molecule has 0 aliphatic carbocycles. The second-order valence-electron chi connectivity index (χ2n) is 5.14. The van der Waals surface area contributed by atoms with Crippen molar-refractivity contribution < 1.29 is 0 Å². The third kappa shape index (κ3) is 4.47. The molecular formula is C17H18N6. The zero-order chi connectivity index (χ0) is 15.9. The maximum absolute atomic E-state index is 4.50. The fourth-order valence-electron chi connectivity index (χ4n) is 2.11. The van der Waals surface area contributed by atoms with Crippen LogP contribution in [0.15, 0.2) is 55.1 Å². The molecular weight excluding hydrogens is 288 g/mol. The minimum absolute atomic E-state index is 0.610. The summed E-state index contributed by atoms with van der Waals surface area (Å²) >= 11 is 0. The summed E-state index contributed by atoms with van der Waals surface area (Å²) in [5.74, 6) is 1.41. The maximum atomic E-state index is 4.50. The summed E-state index contributed by atoms with van der Waals surface area (Å²) in [7, 11) is 0. The van der Waals surface area contributed by atoms with Gasteiger partial charge in [0.2, 0.25) is 5.95 Å². The van der Waals surface area contributed by atoms with Crippen molar-refractivity contribution in [2.45, 2.75) is 20.0 Å². The van der Waals surface area contributed by atoms with Gasteiger partial charge in [-0.3, -0.25) is 9.97 Å². The number of nitrogens with one attached hydrogen (secondary N) is 2. The van der Waals surface area contributed by atoms with E-state index in [-0.39, 0.29) is 0 Å².